The molecule has 0 spiro atoms. The zero-order chi connectivity index (χ0) is 39.6. The van der Waals surface area contributed by atoms with E-state index in [1.165, 1.54) is 16.7 Å². The fraction of sp³-hybridized carbons (Fsp3) is 0.255. The Kier molecular flexibility index (Phi) is 10.5. The molecule has 0 atom stereocenters. The van der Waals surface area contributed by atoms with Crippen molar-refractivity contribution >= 4 is 33.2 Å². The molecule has 0 unspecified atom stereocenters. The molecule has 5 aromatic carbocycles. The Morgan fingerprint density at radius 2 is 1.23 bits per heavy atom. The molecule has 0 amide bonds. The van der Waals surface area contributed by atoms with Crippen LogP contribution in [0.3, 0.4) is 0 Å². The molecular formula is C51H51N4OPt-3. The van der Waals surface area contributed by atoms with E-state index in [1.807, 2.05) is 12.3 Å². The van der Waals surface area contributed by atoms with Crippen molar-refractivity contribution in [3.8, 4) is 17.3 Å². The zero-order valence-electron chi connectivity index (χ0n) is 34.6. The topological polar surface area (TPSA) is 33.5 Å². The Morgan fingerprint density at radius 3 is 1.93 bits per heavy atom. The van der Waals surface area contributed by atoms with E-state index < -0.39 is 0 Å². The van der Waals surface area contributed by atoms with Gasteiger partial charge in [0.05, 0.1) is 0 Å². The first-order valence-electron chi connectivity index (χ1n) is 19.5. The van der Waals surface area contributed by atoms with E-state index in [0.29, 0.717) is 11.5 Å². The summed E-state index contributed by atoms with van der Waals surface area (Å²) in [5.41, 5.74) is 11.0. The van der Waals surface area contributed by atoms with Gasteiger partial charge in [-0.25, -0.2) is 4.98 Å². The maximum absolute atomic E-state index is 6.73. The average Bonchev–Trinajstić information content (AvgIpc) is 3.67. The third-order valence-electron chi connectivity index (χ3n) is 11.4. The molecule has 1 aliphatic rings. The summed E-state index contributed by atoms with van der Waals surface area (Å²) in [7, 11) is 0. The van der Waals surface area contributed by atoms with Gasteiger partial charge in [0.2, 0.25) is 0 Å². The van der Waals surface area contributed by atoms with Crippen molar-refractivity contribution < 1.29 is 25.8 Å². The number of rotatable bonds is 7. The average molecular weight is 931 g/mol. The van der Waals surface area contributed by atoms with Crippen LogP contribution in [-0.2, 0) is 37.3 Å². The van der Waals surface area contributed by atoms with Crippen LogP contribution >= 0.6 is 0 Å². The van der Waals surface area contributed by atoms with Gasteiger partial charge in [0, 0.05) is 66.8 Å². The molecule has 6 heteroatoms. The van der Waals surface area contributed by atoms with Crippen LogP contribution in [0.1, 0.15) is 91.5 Å². The van der Waals surface area contributed by atoms with Crippen LogP contribution in [0, 0.1) is 18.8 Å². The number of fused-ring (bicyclic) bond motifs is 3. The normalized spacial score (nSPS) is 13.8. The molecule has 0 saturated carbocycles. The summed E-state index contributed by atoms with van der Waals surface area (Å²) in [6, 6.07) is 48.2. The van der Waals surface area contributed by atoms with E-state index >= 15 is 0 Å². The van der Waals surface area contributed by atoms with Crippen molar-refractivity contribution in [3.05, 3.63) is 174 Å². The number of aromatic nitrogens is 2. The van der Waals surface area contributed by atoms with E-state index in [-0.39, 0.29) is 37.3 Å². The van der Waals surface area contributed by atoms with Gasteiger partial charge in [0.25, 0.3) is 0 Å². The number of benzene rings is 5. The summed E-state index contributed by atoms with van der Waals surface area (Å²) in [4.78, 5) is 9.33. The second kappa shape index (κ2) is 15.0. The fourth-order valence-electron chi connectivity index (χ4n) is 7.64. The number of allylic oxidation sites excluding steroid dienone is 2. The van der Waals surface area contributed by atoms with Crippen LogP contribution in [0.25, 0.3) is 27.6 Å². The van der Waals surface area contributed by atoms with Crippen LogP contribution in [0.2, 0.25) is 0 Å². The molecule has 0 fully saturated rings. The van der Waals surface area contributed by atoms with E-state index in [4.69, 9.17) is 9.72 Å². The number of para-hydroxylation sites is 1. The molecule has 0 aliphatic carbocycles. The predicted octanol–water partition coefficient (Wildman–Crippen LogP) is 13.2. The second-order valence-corrected chi connectivity index (χ2v) is 17.6. The SMILES string of the molecule is CC1=C(C)N(c2ccc(C(C)(C)c3ccccc3)cc2)[CH-]N1c1[c-]c(Oc2[c-]c3c(cc2)c2ccccc2n3-c2cc(C(C)(C)C)ccn2)cc(C(C)(C)C)c1.[Pt]. The Balaban J connectivity index is 0.00000496. The summed E-state index contributed by atoms with van der Waals surface area (Å²) in [6.45, 7) is 24.5. The van der Waals surface area contributed by atoms with Crippen LogP contribution in [0.5, 0.6) is 11.5 Å². The molecule has 7 aromatic rings. The number of nitrogens with zero attached hydrogens (tertiary/aromatic N) is 4. The van der Waals surface area contributed by atoms with Gasteiger partial charge in [-0.05, 0) is 77.1 Å². The molecule has 57 heavy (non-hydrogen) atoms. The van der Waals surface area contributed by atoms with E-state index in [1.54, 1.807) is 0 Å². The third-order valence-corrected chi connectivity index (χ3v) is 11.4. The van der Waals surface area contributed by atoms with Crippen LogP contribution < -0.4 is 14.5 Å². The van der Waals surface area contributed by atoms with Crippen molar-refractivity contribution in [1.29, 1.82) is 0 Å². The first-order valence-corrected chi connectivity index (χ1v) is 19.5. The van der Waals surface area contributed by atoms with Crippen molar-refractivity contribution in [2.45, 2.75) is 85.5 Å². The Morgan fingerprint density at radius 1 is 0.579 bits per heavy atom. The third kappa shape index (κ3) is 7.55. The Bertz CT molecular complexity index is 2610. The van der Waals surface area contributed by atoms with Gasteiger partial charge in [0.15, 0.2) is 0 Å². The van der Waals surface area contributed by atoms with Crippen molar-refractivity contribution in [2.75, 3.05) is 9.80 Å². The van der Waals surface area contributed by atoms with E-state index in [2.05, 4.69) is 212 Å². The minimum absolute atomic E-state index is 0. The van der Waals surface area contributed by atoms with Crippen molar-refractivity contribution in [2.24, 2.45) is 0 Å². The molecule has 0 N–H and O–H groups in total. The molecule has 2 aromatic heterocycles. The molecule has 1 aliphatic heterocycles. The van der Waals surface area contributed by atoms with Gasteiger partial charge < -0.3 is 19.1 Å². The largest absolute Gasteiger partial charge is 0.509 e. The Labute approximate surface area is 353 Å². The second-order valence-electron chi connectivity index (χ2n) is 17.6. The molecule has 0 saturated heterocycles. The van der Waals surface area contributed by atoms with Gasteiger partial charge in [-0.1, -0.05) is 122 Å². The number of anilines is 2. The maximum Gasteiger partial charge on any atom is 0.135 e. The van der Waals surface area contributed by atoms with Crippen LogP contribution in [0.15, 0.2) is 133 Å². The first kappa shape index (κ1) is 40.1. The van der Waals surface area contributed by atoms with Gasteiger partial charge in [-0.3, -0.25) is 0 Å². The minimum Gasteiger partial charge on any atom is -0.509 e. The molecule has 5 nitrogen and oxygen atoms in total. The smallest absolute Gasteiger partial charge is 0.135 e. The summed E-state index contributed by atoms with van der Waals surface area (Å²) >= 11 is 0. The van der Waals surface area contributed by atoms with Crippen molar-refractivity contribution in [3.63, 3.8) is 0 Å². The number of hydrogen-bond donors (Lipinski definition) is 0. The van der Waals surface area contributed by atoms with Gasteiger partial charge in [-0.2, -0.15) is 6.07 Å². The van der Waals surface area contributed by atoms with Gasteiger partial charge >= 0.3 is 0 Å². The Hall–Kier alpha value is -5.12. The maximum atomic E-state index is 6.73. The molecule has 0 radical (unpaired) electrons. The van der Waals surface area contributed by atoms with E-state index in [0.717, 1.165) is 56.0 Å². The van der Waals surface area contributed by atoms with Gasteiger partial charge in [-0.15, -0.1) is 53.6 Å². The molecule has 0 bridgehead atoms. The zero-order valence-corrected chi connectivity index (χ0v) is 36.9. The monoisotopic (exact) mass is 930 g/mol. The fourth-order valence-corrected chi connectivity index (χ4v) is 7.64. The van der Waals surface area contributed by atoms with Crippen LogP contribution in [0.4, 0.5) is 11.4 Å². The van der Waals surface area contributed by atoms with Crippen LogP contribution in [-0.4, -0.2) is 9.55 Å². The molecule has 3 heterocycles. The first-order chi connectivity index (χ1) is 26.6. The standard InChI is InChI=1S/C51H51N4O.Pt/c1-34-35(2)54(33-53(34)40-22-20-37(21-23-40)51(9,10)36-16-12-11-13-17-36)41-28-39(50(6,7)8)29-43(31-41)56-42-24-25-45-44-18-14-15-19-46(44)55(47(45)32-42)48-30-38(26-27-52-48)49(3,4)5;/h11-30,33H,1-10H3;/q-3;. The number of ether oxygens (including phenoxy) is 1. The predicted molar refractivity (Wildman–Crippen MR) is 233 cm³/mol. The molecular weight excluding hydrogens is 880 g/mol. The molecule has 294 valence electrons. The van der Waals surface area contributed by atoms with Gasteiger partial charge in [0.1, 0.15) is 5.82 Å². The molecule has 8 rings (SSSR count). The summed E-state index contributed by atoms with van der Waals surface area (Å²) in [6.07, 6.45) is 1.90. The quantitative estimate of drug-likeness (QED) is 0.149. The van der Waals surface area contributed by atoms with Crippen molar-refractivity contribution in [1.82, 2.24) is 9.55 Å². The summed E-state index contributed by atoms with van der Waals surface area (Å²) in [5, 5.41) is 2.25. The summed E-state index contributed by atoms with van der Waals surface area (Å²) in [5.74, 6) is 2.13. The van der Waals surface area contributed by atoms with E-state index in [9.17, 15) is 0 Å². The summed E-state index contributed by atoms with van der Waals surface area (Å²) < 4.78 is 8.93. The number of pyridine rings is 1. The number of hydrogen-bond acceptors (Lipinski definition) is 4. The minimum atomic E-state index is -0.126.